The lowest BCUT2D eigenvalue weighted by Gasteiger charge is -2.10. The summed E-state index contributed by atoms with van der Waals surface area (Å²) >= 11 is 0. The molecule has 0 aliphatic rings. The molecule has 0 aliphatic carbocycles. The summed E-state index contributed by atoms with van der Waals surface area (Å²) < 4.78 is 46.7. The number of benzene rings is 2. The second-order valence-electron chi connectivity index (χ2n) is 6.21. The standard InChI is InChI=1S/C22H16F2O7/c1-28-22(27)20-19(29-10-13-5-3-2-4-6-13)18(25)16(12-30-20)21(26)31-11-14-7-8-15(23)9-17(14)24/h2-9,12H,10-11H2,1H3. The van der Waals surface area contributed by atoms with Crippen LogP contribution in [0.2, 0.25) is 0 Å². The summed E-state index contributed by atoms with van der Waals surface area (Å²) in [4.78, 5) is 37.1. The number of carbonyl (C=O) groups is 2. The topological polar surface area (TPSA) is 92.0 Å². The molecule has 0 saturated heterocycles. The van der Waals surface area contributed by atoms with Gasteiger partial charge in [0.05, 0.1) is 7.11 Å². The van der Waals surface area contributed by atoms with Crippen LogP contribution in [0.3, 0.4) is 0 Å². The van der Waals surface area contributed by atoms with E-state index in [4.69, 9.17) is 13.9 Å². The molecule has 0 spiro atoms. The first kappa shape index (κ1) is 21.7. The third-order valence-corrected chi connectivity index (χ3v) is 4.14. The predicted molar refractivity (Wildman–Crippen MR) is 103 cm³/mol. The molecule has 7 nitrogen and oxygen atoms in total. The first-order valence-electron chi connectivity index (χ1n) is 8.92. The molecule has 9 heteroatoms. The lowest BCUT2D eigenvalue weighted by molar-refractivity contribution is 0.0455. The van der Waals surface area contributed by atoms with Crippen LogP contribution in [-0.2, 0) is 22.7 Å². The van der Waals surface area contributed by atoms with Crippen molar-refractivity contribution in [3.63, 3.8) is 0 Å². The van der Waals surface area contributed by atoms with Gasteiger partial charge in [-0.15, -0.1) is 0 Å². The van der Waals surface area contributed by atoms with Crippen molar-refractivity contribution in [2.24, 2.45) is 0 Å². The van der Waals surface area contributed by atoms with Crippen molar-refractivity contribution in [3.8, 4) is 5.75 Å². The lowest BCUT2D eigenvalue weighted by atomic mass is 10.2. The smallest absolute Gasteiger partial charge is 0.378 e. The maximum Gasteiger partial charge on any atom is 0.378 e. The fraction of sp³-hybridized carbons (Fsp3) is 0.136. The van der Waals surface area contributed by atoms with Crippen molar-refractivity contribution in [1.29, 1.82) is 0 Å². The fourth-order valence-corrected chi connectivity index (χ4v) is 2.55. The van der Waals surface area contributed by atoms with Gasteiger partial charge < -0.3 is 18.6 Å². The number of halogens is 2. The highest BCUT2D eigenvalue weighted by Crippen LogP contribution is 2.19. The van der Waals surface area contributed by atoms with Crippen LogP contribution in [0.1, 0.15) is 32.0 Å². The summed E-state index contributed by atoms with van der Waals surface area (Å²) in [5, 5.41) is 0. The van der Waals surface area contributed by atoms with Crippen molar-refractivity contribution >= 4 is 11.9 Å². The number of esters is 2. The third-order valence-electron chi connectivity index (χ3n) is 4.14. The molecular weight excluding hydrogens is 414 g/mol. The third kappa shape index (κ3) is 5.13. The number of ether oxygens (including phenoxy) is 3. The summed E-state index contributed by atoms with van der Waals surface area (Å²) in [5.41, 5.74) is -0.936. The molecule has 0 radical (unpaired) electrons. The van der Waals surface area contributed by atoms with Gasteiger partial charge in [-0.2, -0.15) is 0 Å². The largest absolute Gasteiger partial charge is 0.481 e. The summed E-state index contributed by atoms with van der Waals surface area (Å²) in [6.07, 6.45) is 0.729. The average molecular weight is 430 g/mol. The van der Waals surface area contributed by atoms with E-state index in [0.717, 1.165) is 25.5 Å². The van der Waals surface area contributed by atoms with Crippen molar-refractivity contribution < 1.29 is 37.0 Å². The highest BCUT2D eigenvalue weighted by Gasteiger charge is 2.26. The minimum absolute atomic E-state index is 0.0884. The predicted octanol–water partition coefficient (Wildman–Crippen LogP) is 3.64. The van der Waals surface area contributed by atoms with E-state index < -0.39 is 52.7 Å². The molecular formula is C22H16F2O7. The lowest BCUT2D eigenvalue weighted by Crippen LogP contribution is -2.22. The molecule has 2 aromatic carbocycles. The van der Waals surface area contributed by atoms with E-state index in [1.165, 1.54) is 0 Å². The summed E-state index contributed by atoms with van der Waals surface area (Å²) in [6.45, 7) is -0.641. The molecule has 0 aliphatic heterocycles. The Labute approximate surface area is 174 Å². The minimum atomic E-state index is -1.14. The maximum absolute atomic E-state index is 13.7. The van der Waals surface area contributed by atoms with Gasteiger partial charge in [-0.05, 0) is 17.7 Å². The Morgan fingerprint density at radius 3 is 2.42 bits per heavy atom. The molecule has 31 heavy (non-hydrogen) atoms. The monoisotopic (exact) mass is 430 g/mol. The number of methoxy groups -OCH3 is 1. The van der Waals surface area contributed by atoms with Gasteiger partial charge in [0.2, 0.25) is 11.2 Å². The summed E-state index contributed by atoms with van der Waals surface area (Å²) in [7, 11) is 1.09. The second kappa shape index (κ2) is 9.66. The normalized spacial score (nSPS) is 10.4. The average Bonchev–Trinajstić information content (AvgIpc) is 2.77. The van der Waals surface area contributed by atoms with Crippen LogP contribution in [0.15, 0.2) is 64.0 Å². The number of hydrogen-bond acceptors (Lipinski definition) is 7. The van der Waals surface area contributed by atoms with Crippen LogP contribution in [0.4, 0.5) is 8.78 Å². The Morgan fingerprint density at radius 2 is 1.74 bits per heavy atom. The maximum atomic E-state index is 13.7. The Bertz CT molecular complexity index is 1160. The molecule has 3 rings (SSSR count). The van der Waals surface area contributed by atoms with E-state index in [2.05, 4.69) is 4.74 Å². The van der Waals surface area contributed by atoms with E-state index in [1.807, 2.05) is 0 Å². The van der Waals surface area contributed by atoms with Crippen molar-refractivity contribution in [2.45, 2.75) is 13.2 Å². The molecule has 160 valence electrons. The van der Waals surface area contributed by atoms with Gasteiger partial charge in [-0.3, -0.25) is 4.79 Å². The van der Waals surface area contributed by atoms with Crippen LogP contribution >= 0.6 is 0 Å². The quantitative estimate of drug-likeness (QED) is 0.529. The van der Waals surface area contributed by atoms with E-state index in [1.54, 1.807) is 30.3 Å². The van der Waals surface area contributed by atoms with Crippen LogP contribution in [-0.4, -0.2) is 19.0 Å². The van der Waals surface area contributed by atoms with E-state index in [-0.39, 0.29) is 12.2 Å². The molecule has 0 amide bonds. The molecule has 0 bridgehead atoms. The fourth-order valence-electron chi connectivity index (χ4n) is 2.55. The van der Waals surface area contributed by atoms with Crippen LogP contribution in [0.5, 0.6) is 5.75 Å². The highest BCUT2D eigenvalue weighted by atomic mass is 19.1. The van der Waals surface area contributed by atoms with Crippen LogP contribution in [0, 0.1) is 11.6 Å². The molecule has 1 aromatic heterocycles. The Balaban J connectivity index is 1.85. The van der Waals surface area contributed by atoms with Gasteiger partial charge in [0.25, 0.3) is 5.76 Å². The molecule has 0 unspecified atom stereocenters. The van der Waals surface area contributed by atoms with Gasteiger partial charge in [0.15, 0.2) is 0 Å². The molecule has 3 aromatic rings. The van der Waals surface area contributed by atoms with Crippen molar-refractivity contribution in [2.75, 3.05) is 7.11 Å². The first-order chi connectivity index (χ1) is 14.9. The van der Waals surface area contributed by atoms with Crippen molar-refractivity contribution in [1.82, 2.24) is 0 Å². The highest BCUT2D eigenvalue weighted by molar-refractivity contribution is 5.93. The van der Waals surface area contributed by atoms with E-state index >= 15 is 0 Å². The van der Waals surface area contributed by atoms with Crippen molar-refractivity contribution in [3.05, 3.63) is 99.1 Å². The number of carbonyl (C=O) groups excluding carboxylic acids is 2. The van der Waals surface area contributed by atoms with Gasteiger partial charge >= 0.3 is 11.9 Å². The molecule has 0 atom stereocenters. The second-order valence-corrected chi connectivity index (χ2v) is 6.21. The van der Waals surface area contributed by atoms with Gasteiger partial charge in [0.1, 0.15) is 36.7 Å². The summed E-state index contributed by atoms with van der Waals surface area (Å²) in [6, 6.07) is 11.5. The molecule has 0 saturated carbocycles. The number of hydrogen-bond donors (Lipinski definition) is 0. The number of rotatable bonds is 7. The Kier molecular flexibility index (Phi) is 6.76. The molecule has 0 fully saturated rings. The van der Waals surface area contributed by atoms with Crippen LogP contribution in [0.25, 0.3) is 0 Å². The first-order valence-corrected chi connectivity index (χ1v) is 8.92. The Hall–Kier alpha value is -4.01. The van der Waals surface area contributed by atoms with E-state index in [0.29, 0.717) is 11.6 Å². The zero-order valence-corrected chi connectivity index (χ0v) is 16.2. The van der Waals surface area contributed by atoms with E-state index in [9.17, 15) is 23.2 Å². The van der Waals surface area contributed by atoms with Crippen LogP contribution < -0.4 is 10.2 Å². The molecule has 0 N–H and O–H groups in total. The van der Waals surface area contributed by atoms with Gasteiger partial charge in [-0.1, -0.05) is 30.3 Å². The zero-order chi connectivity index (χ0) is 22.4. The van der Waals surface area contributed by atoms with Gasteiger partial charge in [0, 0.05) is 11.6 Å². The van der Waals surface area contributed by atoms with Gasteiger partial charge in [-0.25, -0.2) is 18.4 Å². The SMILES string of the molecule is COC(=O)c1occ(C(=O)OCc2ccc(F)cc2F)c(=O)c1OCc1ccccc1. The minimum Gasteiger partial charge on any atom is -0.481 e. The summed E-state index contributed by atoms with van der Waals surface area (Å²) in [5.74, 6) is -4.87. The molecule has 1 heterocycles. The Morgan fingerprint density at radius 1 is 1.00 bits per heavy atom. The zero-order valence-electron chi connectivity index (χ0n) is 16.2.